The Morgan fingerprint density at radius 3 is 2.91 bits per heavy atom. The second-order valence-corrected chi connectivity index (χ2v) is 5.80. The number of carbonyl (C=O) groups excluding carboxylic acids is 1. The molecule has 0 unspecified atom stereocenters. The number of amides is 2. The lowest BCUT2D eigenvalue weighted by atomic mass is 10.2. The number of methoxy groups -OCH3 is 1. The van der Waals surface area contributed by atoms with Crippen LogP contribution < -0.4 is 15.4 Å². The highest BCUT2D eigenvalue weighted by Crippen LogP contribution is 2.20. The molecule has 0 atom stereocenters. The standard InChI is InChI=1S/C16H20N2O3S/c1-12-10-13(20-2)5-6-15(12)18-16(19)17-7-9-22-11-14-4-3-8-21-14/h3-6,8,10H,7,9,11H2,1-2H3,(H2,17,18,19). The molecule has 1 heterocycles. The highest BCUT2D eigenvalue weighted by Gasteiger charge is 2.05. The van der Waals surface area contributed by atoms with E-state index in [2.05, 4.69) is 10.6 Å². The molecule has 0 bridgehead atoms. The third kappa shape index (κ3) is 5.04. The minimum absolute atomic E-state index is 0.202. The Bertz CT molecular complexity index is 599. The summed E-state index contributed by atoms with van der Waals surface area (Å²) in [4.78, 5) is 11.8. The summed E-state index contributed by atoms with van der Waals surface area (Å²) in [5.74, 6) is 3.37. The summed E-state index contributed by atoms with van der Waals surface area (Å²) in [6.07, 6.45) is 1.67. The fraction of sp³-hybridized carbons (Fsp3) is 0.312. The molecular weight excluding hydrogens is 300 g/mol. The Balaban J connectivity index is 1.67. The summed E-state index contributed by atoms with van der Waals surface area (Å²) in [6.45, 7) is 2.53. The van der Waals surface area contributed by atoms with Crippen LogP contribution in [0.25, 0.3) is 0 Å². The molecule has 2 N–H and O–H groups in total. The molecule has 0 radical (unpaired) electrons. The molecule has 2 rings (SSSR count). The number of hydrogen-bond donors (Lipinski definition) is 2. The maximum atomic E-state index is 11.8. The first kappa shape index (κ1) is 16.3. The zero-order valence-corrected chi connectivity index (χ0v) is 13.5. The van der Waals surface area contributed by atoms with Gasteiger partial charge in [0, 0.05) is 18.0 Å². The minimum atomic E-state index is -0.202. The highest BCUT2D eigenvalue weighted by molar-refractivity contribution is 7.98. The van der Waals surface area contributed by atoms with Crippen molar-refractivity contribution in [2.24, 2.45) is 0 Å². The molecule has 0 aliphatic carbocycles. The fourth-order valence-electron chi connectivity index (χ4n) is 1.87. The van der Waals surface area contributed by atoms with E-state index in [9.17, 15) is 4.79 Å². The van der Waals surface area contributed by atoms with Crippen LogP contribution in [-0.4, -0.2) is 25.4 Å². The van der Waals surface area contributed by atoms with Crippen LogP contribution in [0.5, 0.6) is 5.75 Å². The number of benzene rings is 1. The van der Waals surface area contributed by atoms with Crippen LogP contribution >= 0.6 is 11.8 Å². The van der Waals surface area contributed by atoms with Crippen LogP contribution in [0.4, 0.5) is 10.5 Å². The molecule has 22 heavy (non-hydrogen) atoms. The maximum Gasteiger partial charge on any atom is 0.319 e. The summed E-state index contributed by atoms with van der Waals surface area (Å²) in [6, 6.07) is 9.15. The lowest BCUT2D eigenvalue weighted by molar-refractivity contribution is 0.252. The monoisotopic (exact) mass is 320 g/mol. The molecule has 0 fully saturated rings. The smallest absolute Gasteiger partial charge is 0.319 e. The van der Waals surface area contributed by atoms with E-state index in [4.69, 9.17) is 9.15 Å². The largest absolute Gasteiger partial charge is 0.497 e. The number of hydrogen-bond acceptors (Lipinski definition) is 4. The third-order valence-electron chi connectivity index (χ3n) is 3.04. The lowest BCUT2D eigenvalue weighted by Gasteiger charge is -2.11. The maximum absolute atomic E-state index is 11.8. The quantitative estimate of drug-likeness (QED) is 0.764. The first-order valence-corrected chi connectivity index (χ1v) is 8.14. The molecule has 5 nitrogen and oxygen atoms in total. The van der Waals surface area contributed by atoms with E-state index < -0.39 is 0 Å². The molecule has 2 aromatic rings. The van der Waals surface area contributed by atoms with Crippen LogP contribution in [0.2, 0.25) is 0 Å². The summed E-state index contributed by atoms with van der Waals surface area (Å²) < 4.78 is 10.4. The number of rotatable bonds is 7. The number of anilines is 1. The summed E-state index contributed by atoms with van der Waals surface area (Å²) in [5.41, 5.74) is 1.74. The zero-order chi connectivity index (χ0) is 15.8. The Labute approximate surface area is 134 Å². The number of urea groups is 1. The van der Waals surface area contributed by atoms with Crippen molar-refractivity contribution in [3.05, 3.63) is 47.9 Å². The number of carbonyl (C=O) groups is 1. The van der Waals surface area contributed by atoms with E-state index in [-0.39, 0.29) is 6.03 Å². The SMILES string of the molecule is COc1ccc(NC(=O)NCCSCc2ccco2)c(C)c1. The lowest BCUT2D eigenvalue weighted by Crippen LogP contribution is -2.30. The summed E-state index contributed by atoms with van der Waals surface area (Å²) >= 11 is 1.71. The van der Waals surface area contributed by atoms with Crippen LogP contribution in [0.3, 0.4) is 0 Å². The second-order valence-electron chi connectivity index (χ2n) is 4.69. The van der Waals surface area contributed by atoms with Crippen molar-refractivity contribution < 1.29 is 13.9 Å². The molecule has 0 aliphatic rings. The van der Waals surface area contributed by atoms with Gasteiger partial charge < -0.3 is 19.8 Å². The van der Waals surface area contributed by atoms with Gasteiger partial charge in [0.05, 0.1) is 19.1 Å². The molecule has 0 saturated carbocycles. The Hall–Kier alpha value is -2.08. The van der Waals surface area contributed by atoms with Crippen molar-refractivity contribution >= 4 is 23.5 Å². The summed E-state index contributed by atoms with van der Waals surface area (Å²) in [7, 11) is 1.62. The first-order chi connectivity index (χ1) is 10.7. The van der Waals surface area contributed by atoms with Gasteiger partial charge in [-0.15, -0.1) is 0 Å². The third-order valence-corrected chi connectivity index (χ3v) is 4.02. The Kier molecular flexibility index (Phi) is 6.21. The van der Waals surface area contributed by atoms with Gasteiger partial charge in [-0.25, -0.2) is 4.79 Å². The van der Waals surface area contributed by atoms with E-state index in [1.165, 1.54) is 0 Å². The van der Waals surface area contributed by atoms with Gasteiger partial charge >= 0.3 is 6.03 Å². The van der Waals surface area contributed by atoms with Gasteiger partial charge in [0.25, 0.3) is 0 Å². The summed E-state index contributed by atoms with van der Waals surface area (Å²) in [5, 5.41) is 5.67. The van der Waals surface area contributed by atoms with Crippen molar-refractivity contribution in [3.8, 4) is 5.75 Å². The average molecular weight is 320 g/mol. The van der Waals surface area contributed by atoms with Gasteiger partial charge in [-0.2, -0.15) is 11.8 Å². The molecular formula is C16H20N2O3S. The van der Waals surface area contributed by atoms with Crippen molar-refractivity contribution in [1.82, 2.24) is 5.32 Å². The van der Waals surface area contributed by atoms with Gasteiger partial charge in [0.15, 0.2) is 0 Å². The van der Waals surface area contributed by atoms with Gasteiger partial charge in [0.2, 0.25) is 0 Å². The van der Waals surface area contributed by atoms with E-state index >= 15 is 0 Å². The molecule has 0 spiro atoms. The molecule has 1 aromatic heterocycles. The van der Waals surface area contributed by atoms with Crippen LogP contribution in [0.1, 0.15) is 11.3 Å². The second kappa shape index (κ2) is 8.38. The number of furan rings is 1. The molecule has 2 amide bonds. The topological polar surface area (TPSA) is 63.5 Å². The highest BCUT2D eigenvalue weighted by atomic mass is 32.2. The van der Waals surface area contributed by atoms with Crippen molar-refractivity contribution in [2.75, 3.05) is 24.7 Å². The predicted octanol–water partition coefficient (Wildman–Crippen LogP) is 3.65. The van der Waals surface area contributed by atoms with Crippen LogP contribution in [-0.2, 0) is 5.75 Å². The van der Waals surface area contributed by atoms with Crippen LogP contribution in [0.15, 0.2) is 41.0 Å². The van der Waals surface area contributed by atoms with Crippen molar-refractivity contribution in [1.29, 1.82) is 0 Å². The van der Waals surface area contributed by atoms with E-state index in [0.29, 0.717) is 6.54 Å². The average Bonchev–Trinajstić information content (AvgIpc) is 3.02. The van der Waals surface area contributed by atoms with Gasteiger partial charge in [0.1, 0.15) is 11.5 Å². The number of ether oxygens (including phenoxy) is 1. The Morgan fingerprint density at radius 1 is 1.36 bits per heavy atom. The Morgan fingerprint density at radius 2 is 2.23 bits per heavy atom. The van der Waals surface area contributed by atoms with Gasteiger partial charge in [-0.1, -0.05) is 0 Å². The van der Waals surface area contributed by atoms with Gasteiger partial charge in [-0.05, 0) is 42.8 Å². The number of aryl methyl sites for hydroxylation is 1. The van der Waals surface area contributed by atoms with Crippen molar-refractivity contribution in [3.63, 3.8) is 0 Å². The molecule has 1 aromatic carbocycles. The van der Waals surface area contributed by atoms with E-state index in [1.807, 2.05) is 37.3 Å². The predicted molar refractivity (Wildman–Crippen MR) is 89.6 cm³/mol. The molecule has 0 aliphatic heterocycles. The minimum Gasteiger partial charge on any atom is -0.497 e. The van der Waals surface area contributed by atoms with E-state index in [0.717, 1.165) is 34.3 Å². The van der Waals surface area contributed by atoms with Crippen molar-refractivity contribution in [2.45, 2.75) is 12.7 Å². The fourth-order valence-corrected chi connectivity index (χ4v) is 2.63. The first-order valence-electron chi connectivity index (χ1n) is 6.98. The normalized spacial score (nSPS) is 10.3. The number of nitrogens with one attached hydrogen (secondary N) is 2. The molecule has 0 saturated heterocycles. The van der Waals surface area contributed by atoms with E-state index in [1.54, 1.807) is 25.1 Å². The zero-order valence-electron chi connectivity index (χ0n) is 12.7. The molecule has 118 valence electrons. The van der Waals surface area contributed by atoms with Gasteiger partial charge in [-0.3, -0.25) is 0 Å². The molecule has 6 heteroatoms. The number of thioether (sulfide) groups is 1. The van der Waals surface area contributed by atoms with Crippen LogP contribution in [0, 0.1) is 6.92 Å².